The molecule has 0 unspecified atom stereocenters. The van der Waals surface area contributed by atoms with Crippen LogP contribution in [0.25, 0.3) is 64.3 Å². The second-order valence-electron chi connectivity index (χ2n) is 16.1. The molecule has 0 saturated carbocycles. The fourth-order valence-corrected chi connectivity index (χ4v) is 10.8. The van der Waals surface area contributed by atoms with Crippen molar-refractivity contribution in [2.24, 2.45) is 0 Å². The molecule has 9 aromatic rings. The molecule has 8 aromatic carbocycles. The highest BCUT2D eigenvalue weighted by molar-refractivity contribution is 7.25. The fourth-order valence-electron chi connectivity index (χ4n) is 9.70. The topological polar surface area (TPSA) is 3.24 Å². The van der Waals surface area contributed by atoms with Crippen LogP contribution in [0.3, 0.4) is 0 Å². The van der Waals surface area contributed by atoms with Crippen molar-refractivity contribution in [3.05, 3.63) is 186 Å². The lowest BCUT2D eigenvalue weighted by Crippen LogP contribution is -2.17. The van der Waals surface area contributed by atoms with Gasteiger partial charge in [-0.3, -0.25) is 0 Å². The monoisotopic (exact) mass is 709 g/mol. The van der Waals surface area contributed by atoms with Gasteiger partial charge in [-0.15, -0.1) is 11.3 Å². The summed E-state index contributed by atoms with van der Waals surface area (Å²) in [6, 6.07) is 61.5. The zero-order chi connectivity index (χ0) is 36.3. The van der Waals surface area contributed by atoms with Crippen molar-refractivity contribution in [1.82, 2.24) is 0 Å². The van der Waals surface area contributed by atoms with Crippen LogP contribution in [-0.4, -0.2) is 0 Å². The summed E-state index contributed by atoms with van der Waals surface area (Å²) in [6.07, 6.45) is 0. The van der Waals surface area contributed by atoms with Crippen molar-refractivity contribution in [3.63, 3.8) is 0 Å². The third kappa shape index (κ3) is 4.38. The lowest BCUT2D eigenvalue weighted by molar-refractivity contribution is 0.660. The van der Waals surface area contributed by atoms with Crippen LogP contribution < -0.4 is 4.90 Å². The predicted molar refractivity (Wildman–Crippen MR) is 232 cm³/mol. The van der Waals surface area contributed by atoms with Crippen LogP contribution in [0.4, 0.5) is 17.1 Å². The molecule has 0 saturated heterocycles. The van der Waals surface area contributed by atoms with E-state index in [4.69, 9.17) is 0 Å². The van der Waals surface area contributed by atoms with Gasteiger partial charge in [-0.05, 0) is 104 Å². The summed E-state index contributed by atoms with van der Waals surface area (Å²) in [5, 5.41) is 5.24. The van der Waals surface area contributed by atoms with E-state index in [-0.39, 0.29) is 10.8 Å². The minimum Gasteiger partial charge on any atom is -0.309 e. The molecule has 258 valence electrons. The summed E-state index contributed by atoms with van der Waals surface area (Å²) in [4.78, 5) is 2.54. The standard InChI is InChI=1S/C52H39NS/c1-51(2)41-16-8-5-14-38(41)49-43(51)18-11-20-45(49)53(46-21-12-19-44-50(46)39-15-6-9-17-42(39)52(44,3)4)36-27-25-32(26-28-36)33-23-24-34-30-40-37-13-7-10-22-47(37)54-48(40)31-35(34)29-33/h5-31H,1-4H3. The van der Waals surface area contributed by atoms with Crippen LogP contribution >= 0.6 is 11.3 Å². The lowest BCUT2D eigenvalue weighted by Gasteiger charge is -2.31. The van der Waals surface area contributed by atoms with Gasteiger partial charge >= 0.3 is 0 Å². The molecule has 0 atom stereocenters. The van der Waals surface area contributed by atoms with E-state index in [2.05, 4.69) is 196 Å². The van der Waals surface area contributed by atoms with Gasteiger partial charge in [-0.25, -0.2) is 0 Å². The van der Waals surface area contributed by atoms with Crippen molar-refractivity contribution in [3.8, 4) is 33.4 Å². The Hall–Kier alpha value is -5.96. The van der Waals surface area contributed by atoms with E-state index < -0.39 is 0 Å². The number of rotatable bonds is 4. The molecule has 54 heavy (non-hydrogen) atoms. The Morgan fingerprint density at radius 2 is 0.963 bits per heavy atom. The molecule has 0 fully saturated rings. The second kappa shape index (κ2) is 11.3. The van der Waals surface area contributed by atoms with Gasteiger partial charge in [0.25, 0.3) is 0 Å². The number of fused-ring (bicyclic) bond motifs is 10. The Morgan fingerprint density at radius 1 is 0.407 bits per heavy atom. The van der Waals surface area contributed by atoms with Crippen LogP contribution in [0, 0.1) is 0 Å². The minimum absolute atomic E-state index is 0.0951. The first-order chi connectivity index (χ1) is 26.3. The smallest absolute Gasteiger partial charge is 0.0543 e. The number of anilines is 3. The normalized spacial score (nSPS) is 14.6. The Balaban J connectivity index is 1.10. The van der Waals surface area contributed by atoms with Crippen LogP contribution in [0.15, 0.2) is 164 Å². The summed E-state index contributed by atoms with van der Waals surface area (Å²) in [6.45, 7) is 9.48. The summed E-state index contributed by atoms with van der Waals surface area (Å²) in [7, 11) is 0. The van der Waals surface area contributed by atoms with Gasteiger partial charge in [-0.2, -0.15) is 0 Å². The molecule has 1 heterocycles. The summed E-state index contributed by atoms with van der Waals surface area (Å²) >= 11 is 1.88. The van der Waals surface area contributed by atoms with Gasteiger partial charge in [-0.1, -0.05) is 143 Å². The van der Waals surface area contributed by atoms with E-state index in [1.54, 1.807) is 0 Å². The Bertz CT molecular complexity index is 2890. The third-order valence-corrected chi connectivity index (χ3v) is 13.6. The molecular formula is C52H39NS. The van der Waals surface area contributed by atoms with Gasteiger partial charge in [0.15, 0.2) is 0 Å². The molecule has 0 N–H and O–H groups in total. The van der Waals surface area contributed by atoms with E-state index >= 15 is 0 Å². The van der Waals surface area contributed by atoms with E-state index in [0.717, 1.165) is 5.69 Å². The summed E-state index contributed by atoms with van der Waals surface area (Å²) in [5.74, 6) is 0. The minimum atomic E-state index is -0.0951. The van der Waals surface area contributed by atoms with Crippen molar-refractivity contribution in [2.45, 2.75) is 38.5 Å². The van der Waals surface area contributed by atoms with Crippen LogP contribution in [0.5, 0.6) is 0 Å². The maximum absolute atomic E-state index is 2.54. The Kier molecular flexibility index (Phi) is 6.59. The summed E-state index contributed by atoms with van der Waals surface area (Å²) in [5.41, 5.74) is 16.7. The molecular weight excluding hydrogens is 671 g/mol. The average molecular weight is 710 g/mol. The first-order valence-electron chi connectivity index (χ1n) is 19.0. The van der Waals surface area contributed by atoms with Crippen molar-refractivity contribution >= 4 is 59.3 Å². The van der Waals surface area contributed by atoms with Crippen LogP contribution in [-0.2, 0) is 10.8 Å². The second-order valence-corrected chi connectivity index (χ2v) is 17.2. The molecule has 0 amide bonds. The molecule has 0 spiro atoms. The van der Waals surface area contributed by atoms with Crippen molar-refractivity contribution < 1.29 is 0 Å². The number of thiophene rings is 1. The third-order valence-electron chi connectivity index (χ3n) is 12.4. The number of hydrogen-bond donors (Lipinski definition) is 0. The molecule has 2 heteroatoms. The largest absolute Gasteiger partial charge is 0.309 e. The van der Waals surface area contributed by atoms with Gasteiger partial charge in [0.1, 0.15) is 0 Å². The maximum atomic E-state index is 2.54. The number of hydrogen-bond acceptors (Lipinski definition) is 2. The van der Waals surface area contributed by atoms with Crippen molar-refractivity contribution in [2.75, 3.05) is 4.90 Å². The van der Waals surface area contributed by atoms with Crippen LogP contribution in [0.2, 0.25) is 0 Å². The Morgan fingerprint density at radius 3 is 1.61 bits per heavy atom. The molecule has 0 bridgehead atoms. The molecule has 1 aromatic heterocycles. The quantitative estimate of drug-likeness (QED) is 0.176. The van der Waals surface area contributed by atoms with E-state index in [1.807, 2.05) is 11.3 Å². The fraction of sp³-hybridized carbons (Fsp3) is 0.115. The first-order valence-corrected chi connectivity index (χ1v) is 19.8. The van der Waals surface area contributed by atoms with Gasteiger partial charge in [0.05, 0.1) is 11.4 Å². The van der Waals surface area contributed by atoms with E-state index in [9.17, 15) is 0 Å². The molecule has 11 rings (SSSR count). The maximum Gasteiger partial charge on any atom is 0.0543 e. The molecule has 2 aliphatic rings. The average Bonchev–Trinajstić information content (AvgIpc) is 3.77. The van der Waals surface area contributed by atoms with E-state index in [0.29, 0.717) is 0 Å². The predicted octanol–water partition coefficient (Wildman–Crippen LogP) is 15.0. The molecule has 1 nitrogen and oxygen atoms in total. The van der Waals surface area contributed by atoms with Gasteiger partial charge in [0, 0.05) is 47.8 Å². The van der Waals surface area contributed by atoms with Crippen molar-refractivity contribution in [1.29, 1.82) is 0 Å². The summed E-state index contributed by atoms with van der Waals surface area (Å²) < 4.78 is 2.68. The highest BCUT2D eigenvalue weighted by Gasteiger charge is 2.40. The molecule has 0 radical (unpaired) electrons. The lowest BCUT2D eigenvalue weighted by atomic mass is 9.82. The zero-order valence-electron chi connectivity index (χ0n) is 30.9. The first kappa shape index (κ1) is 31.6. The number of benzene rings is 8. The zero-order valence-corrected chi connectivity index (χ0v) is 31.8. The highest BCUT2D eigenvalue weighted by atomic mass is 32.1. The molecule has 2 aliphatic carbocycles. The number of nitrogens with zero attached hydrogens (tertiary/aromatic N) is 1. The SMILES string of the molecule is CC1(C)c2ccccc2-c2c(N(c3ccc(-c4ccc5cc6c(cc5c4)sc4ccccc46)cc3)c3cccc4c3-c3ccccc3C4(C)C)cccc21. The van der Waals surface area contributed by atoms with E-state index in [1.165, 1.54) is 98.0 Å². The van der Waals surface area contributed by atoms with Gasteiger partial charge < -0.3 is 4.90 Å². The highest BCUT2D eigenvalue weighted by Crippen LogP contribution is 2.58. The molecule has 0 aliphatic heterocycles. The van der Waals surface area contributed by atoms with Gasteiger partial charge in [0.2, 0.25) is 0 Å². The Labute approximate surface area is 320 Å². The van der Waals surface area contributed by atoms with Crippen LogP contribution in [0.1, 0.15) is 49.9 Å².